The second-order valence-electron chi connectivity index (χ2n) is 6.75. The number of carbonyl (C=O) groups is 3. The van der Waals surface area contributed by atoms with Crippen molar-refractivity contribution in [1.29, 1.82) is 0 Å². The number of ketones is 1. The average Bonchev–Trinajstić information content (AvgIpc) is 2.97. The molecule has 1 unspecified atom stereocenters. The van der Waals surface area contributed by atoms with E-state index in [4.69, 9.17) is 4.74 Å². The van der Waals surface area contributed by atoms with Crippen molar-refractivity contribution in [3.05, 3.63) is 70.8 Å². The van der Waals surface area contributed by atoms with Gasteiger partial charge in [0.15, 0.2) is 0 Å². The number of benzene rings is 2. The normalized spacial score (nSPS) is 18.1. The zero-order valence-electron chi connectivity index (χ0n) is 16.0. The first-order valence-corrected chi connectivity index (χ1v) is 9.02. The fraction of sp³-hybridized carbons (Fsp3) is 0.227. The Labute approximate surface area is 167 Å². The Bertz CT molecular complexity index is 975. The lowest BCUT2D eigenvalue weighted by atomic mass is 9.95. The maximum absolute atomic E-state index is 12.8. The number of nitrogens with zero attached hydrogens (tertiary/aromatic N) is 1. The van der Waals surface area contributed by atoms with Crippen LogP contribution in [-0.2, 0) is 14.4 Å². The number of carboxylic acid groups (broad SMARTS) is 1. The van der Waals surface area contributed by atoms with Crippen molar-refractivity contribution in [2.45, 2.75) is 19.4 Å². The fourth-order valence-electron chi connectivity index (χ4n) is 3.32. The number of aryl methyl sites for hydroxylation is 1. The summed E-state index contributed by atoms with van der Waals surface area (Å²) < 4.78 is 5.14. The van der Waals surface area contributed by atoms with Crippen LogP contribution >= 0.6 is 0 Å². The molecule has 0 radical (unpaired) electrons. The molecule has 2 aromatic rings. The first-order valence-electron chi connectivity index (χ1n) is 9.02. The van der Waals surface area contributed by atoms with Crippen LogP contribution in [0.2, 0.25) is 0 Å². The van der Waals surface area contributed by atoms with Crippen LogP contribution in [0.1, 0.15) is 29.2 Å². The fourth-order valence-corrected chi connectivity index (χ4v) is 3.32. The molecule has 150 valence electrons. The number of Topliss-reactive ketones (excluding diaryl/α,β-unsaturated/α-hetero) is 1. The van der Waals surface area contributed by atoms with Crippen molar-refractivity contribution in [2.24, 2.45) is 0 Å². The number of carboxylic acids is 1. The lowest BCUT2D eigenvalue weighted by molar-refractivity contribution is -0.305. The molecular weight excluding hydrogens is 374 g/mol. The molecule has 1 atom stereocenters. The summed E-state index contributed by atoms with van der Waals surface area (Å²) in [5.41, 5.74) is 1.84. The summed E-state index contributed by atoms with van der Waals surface area (Å²) in [6.45, 7) is 1.67. The largest absolute Gasteiger partial charge is 0.550 e. The summed E-state index contributed by atoms with van der Waals surface area (Å²) in [6.07, 6.45) is -0.426. The lowest BCUT2D eigenvalue weighted by Crippen LogP contribution is -2.34. The van der Waals surface area contributed by atoms with Crippen molar-refractivity contribution in [1.82, 2.24) is 4.90 Å². The third kappa shape index (κ3) is 3.99. The molecule has 0 spiro atoms. The number of aliphatic carboxylic acids is 1. The molecule has 1 aliphatic rings. The third-order valence-corrected chi connectivity index (χ3v) is 4.85. The second-order valence-corrected chi connectivity index (χ2v) is 6.75. The first kappa shape index (κ1) is 20.1. The van der Waals surface area contributed by atoms with Gasteiger partial charge in [-0.3, -0.25) is 9.59 Å². The maximum atomic E-state index is 12.8. The molecule has 1 aliphatic heterocycles. The van der Waals surface area contributed by atoms with Crippen LogP contribution < -0.4 is 9.84 Å². The van der Waals surface area contributed by atoms with E-state index in [-0.39, 0.29) is 17.9 Å². The number of aliphatic hydroxyl groups is 1. The van der Waals surface area contributed by atoms with E-state index in [1.807, 2.05) is 6.92 Å². The summed E-state index contributed by atoms with van der Waals surface area (Å²) in [5.74, 6) is -2.78. The Kier molecular flexibility index (Phi) is 5.68. The predicted octanol–water partition coefficient (Wildman–Crippen LogP) is 1.57. The van der Waals surface area contributed by atoms with Gasteiger partial charge >= 0.3 is 0 Å². The molecule has 1 N–H and O–H groups in total. The minimum atomic E-state index is -1.33. The molecule has 3 rings (SSSR count). The Morgan fingerprint density at radius 3 is 2.28 bits per heavy atom. The molecule has 29 heavy (non-hydrogen) atoms. The van der Waals surface area contributed by atoms with Crippen LogP contribution in [0.15, 0.2) is 54.1 Å². The molecule has 1 saturated heterocycles. The van der Waals surface area contributed by atoms with Crippen LogP contribution in [0.5, 0.6) is 5.75 Å². The standard InChI is InChI=1S/C22H21NO6/c1-13-3-5-15(6-4-13)20(26)18-19(14-7-9-16(29-2)10-8-14)23(12-11-17(24)25)22(28)21(18)27/h3-10,19,26H,11-12H2,1-2H3,(H,24,25)/p-1. The van der Waals surface area contributed by atoms with Crippen LogP contribution in [0.3, 0.4) is 0 Å². The van der Waals surface area contributed by atoms with Gasteiger partial charge in [0.05, 0.1) is 18.7 Å². The van der Waals surface area contributed by atoms with E-state index in [0.717, 1.165) is 10.5 Å². The highest BCUT2D eigenvalue weighted by Crippen LogP contribution is 2.39. The first-order chi connectivity index (χ1) is 13.8. The zero-order chi connectivity index (χ0) is 21.1. The summed E-state index contributed by atoms with van der Waals surface area (Å²) in [5, 5.41) is 21.8. The quantitative estimate of drug-likeness (QED) is 0.453. The topological polar surface area (TPSA) is 107 Å². The van der Waals surface area contributed by atoms with Crippen molar-refractivity contribution in [3.63, 3.8) is 0 Å². The monoisotopic (exact) mass is 394 g/mol. The van der Waals surface area contributed by atoms with Crippen molar-refractivity contribution < 1.29 is 29.3 Å². The number of aliphatic hydroxyl groups excluding tert-OH is 1. The van der Waals surface area contributed by atoms with E-state index in [1.54, 1.807) is 48.5 Å². The number of ether oxygens (including phenoxy) is 1. The van der Waals surface area contributed by atoms with Gasteiger partial charge in [-0.05, 0) is 24.6 Å². The van der Waals surface area contributed by atoms with E-state index in [1.165, 1.54) is 7.11 Å². The molecule has 0 saturated carbocycles. The Morgan fingerprint density at radius 1 is 1.10 bits per heavy atom. The van der Waals surface area contributed by atoms with Crippen molar-refractivity contribution in [2.75, 3.05) is 13.7 Å². The van der Waals surface area contributed by atoms with Crippen LogP contribution in [-0.4, -0.2) is 41.3 Å². The Morgan fingerprint density at radius 2 is 1.72 bits per heavy atom. The van der Waals surface area contributed by atoms with Crippen molar-refractivity contribution in [3.8, 4) is 5.75 Å². The predicted molar refractivity (Wildman–Crippen MR) is 103 cm³/mol. The van der Waals surface area contributed by atoms with Gasteiger partial charge in [0, 0.05) is 24.5 Å². The van der Waals surface area contributed by atoms with Gasteiger partial charge in [0.1, 0.15) is 11.5 Å². The molecule has 7 heteroatoms. The highest BCUT2D eigenvalue weighted by Gasteiger charge is 2.45. The SMILES string of the molecule is COc1ccc(C2C(=C(O)c3ccc(C)cc3)C(=O)C(=O)N2CCC(=O)[O-])cc1. The highest BCUT2D eigenvalue weighted by atomic mass is 16.5. The number of methoxy groups -OCH3 is 1. The zero-order valence-corrected chi connectivity index (χ0v) is 16.0. The number of amides is 1. The molecule has 1 heterocycles. The van der Waals surface area contributed by atoms with E-state index < -0.39 is 30.1 Å². The smallest absolute Gasteiger partial charge is 0.295 e. The summed E-state index contributed by atoms with van der Waals surface area (Å²) in [4.78, 5) is 37.5. The Balaban J connectivity index is 2.13. The number of hydrogen-bond donors (Lipinski definition) is 1. The number of likely N-dealkylation sites (tertiary alicyclic amines) is 1. The van der Waals surface area contributed by atoms with Crippen LogP contribution in [0, 0.1) is 6.92 Å². The van der Waals surface area contributed by atoms with E-state index >= 15 is 0 Å². The molecule has 0 aliphatic carbocycles. The van der Waals surface area contributed by atoms with Gasteiger partial charge in [0.25, 0.3) is 11.7 Å². The molecule has 7 nitrogen and oxygen atoms in total. The second kappa shape index (κ2) is 8.18. The molecule has 1 fully saturated rings. The average molecular weight is 394 g/mol. The van der Waals surface area contributed by atoms with Gasteiger partial charge < -0.3 is 24.6 Å². The van der Waals surface area contributed by atoms with Crippen molar-refractivity contribution >= 4 is 23.4 Å². The van der Waals surface area contributed by atoms with Gasteiger partial charge in [-0.25, -0.2) is 0 Å². The number of hydrogen-bond acceptors (Lipinski definition) is 6. The highest BCUT2D eigenvalue weighted by molar-refractivity contribution is 6.46. The third-order valence-electron chi connectivity index (χ3n) is 4.85. The summed E-state index contributed by atoms with van der Waals surface area (Å²) in [7, 11) is 1.51. The lowest BCUT2D eigenvalue weighted by Gasteiger charge is -2.25. The molecule has 1 amide bonds. The van der Waals surface area contributed by atoms with Crippen LogP contribution in [0.25, 0.3) is 5.76 Å². The van der Waals surface area contributed by atoms with Crippen LogP contribution in [0.4, 0.5) is 0 Å². The van der Waals surface area contributed by atoms with Gasteiger partial charge in [-0.2, -0.15) is 0 Å². The maximum Gasteiger partial charge on any atom is 0.295 e. The van der Waals surface area contributed by atoms with Gasteiger partial charge in [-0.15, -0.1) is 0 Å². The summed E-state index contributed by atoms with van der Waals surface area (Å²) >= 11 is 0. The Hall–Kier alpha value is -3.61. The van der Waals surface area contributed by atoms with Gasteiger partial charge in [0.2, 0.25) is 0 Å². The molecular formula is C22H20NO6-. The minimum absolute atomic E-state index is 0.0811. The molecule has 2 aromatic carbocycles. The van der Waals surface area contributed by atoms with E-state index in [9.17, 15) is 24.6 Å². The molecule has 0 bridgehead atoms. The number of rotatable bonds is 6. The number of carbonyl (C=O) groups excluding carboxylic acids is 3. The van der Waals surface area contributed by atoms with Gasteiger partial charge in [-0.1, -0.05) is 42.0 Å². The summed E-state index contributed by atoms with van der Waals surface area (Å²) in [6, 6.07) is 12.6. The van der Waals surface area contributed by atoms with E-state index in [2.05, 4.69) is 0 Å². The minimum Gasteiger partial charge on any atom is -0.550 e. The van der Waals surface area contributed by atoms with E-state index in [0.29, 0.717) is 16.9 Å². The molecule has 0 aromatic heterocycles.